The van der Waals surface area contributed by atoms with Gasteiger partial charge in [0.15, 0.2) is 11.6 Å². The number of ether oxygens (including phenoxy) is 1. The molecule has 0 aliphatic heterocycles. The Hall–Kier alpha value is -3.22. The number of rotatable bonds is 7. The highest BCUT2D eigenvalue weighted by atomic mass is 35.5. The number of benzene rings is 2. The Bertz CT molecular complexity index is 1260. The Morgan fingerprint density at radius 1 is 1.06 bits per heavy atom. The minimum atomic E-state index is -0.383. The van der Waals surface area contributed by atoms with Crippen LogP contribution in [0.4, 0.5) is 5.82 Å². The first-order valence-corrected chi connectivity index (χ1v) is 10.7. The highest BCUT2D eigenvalue weighted by Crippen LogP contribution is 2.24. The first-order valence-electron chi connectivity index (χ1n) is 9.96. The molecule has 0 atom stereocenters. The van der Waals surface area contributed by atoms with Crippen LogP contribution in [0.15, 0.2) is 65.1 Å². The lowest BCUT2D eigenvalue weighted by molar-refractivity contribution is 0.0992. The average Bonchev–Trinajstić information content (AvgIpc) is 3.37. The number of amides is 1. The number of aryl methyl sites for hydroxylation is 2. The summed E-state index contributed by atoms with van der Waals surface area (Å²) in [6.07, 6.45) is 0. The number of carbonyl (C=O) groups excluding carboxylic acids is 1. The summed E-state index contributed by atoms with van der Waals surface area (Å²) < 4.78 is 13.2. The van der Waals surface area contributed by atoms with E-state index in [1.807, 2.05) is 44.2 Å². The maximum absolute atomic E-state index is 12.6. The summed E-state index contributed by atoms with van der Waals surface area (Å²) in [5, 5.41) is 8.22. The second-order valence-electron chi connectivity index (χ2n) is 7.35. The summed E-state index contributed by atoms with van der Waals surface area (Å²) in [6.45, 7) is 4.61. The highest BCUT2D eigenvalue weighted by molar-refractivity contribution is 6.42. The standard InChI is InChI=1S/C24H21Cl2N3O3/c1-15-5-3-4-6-21(15)31-14-18-8-10-22(32-18)24(30)27-23-11-16(2)29(28-23)13-17-7-9-19(25)20(26)12-17/h3-12H,13-14H2,1-2H3,(H,27,28,30). The molecule has 2 aromatic heterocycles. The smallest absolute Gasteiger partial charge is 0.292 e. The summed E-state index contributed by atoms with van der Waals surface area (Å²) >= 11 is 12.1. The summed E-state index contributed by atoms with van der Waals surface area (Å²) in [7, 11) is 0. The first-order chi connectivity index (χ1) is 15.4. The molecular formula is C24H21Cl2N3O3. The van der Waals surface area contributed by atoms with E-state index >= 15 is 0 Å². The fourth-order valence-corrected chi connectivity index (χ4v) is 3.49. The van der Waals surface area contributed by atoms with Crippen molar-refractivity contribution in [3.63, 3.8) is 0 Å². The zero-order valence-electron chi connectivity index (χ0n) is 17.6. The van der Waals surface area contributed by atoms with Crippen LogP contribution in [0.25, 0.3) is 0 Å². The fraction of sp³-hybridized carbons (Fsp3) is 0.167. The van der Waals surface area contributed by atoms with Crippen LogP contribution in [0.3, 0.4) is 0 Å². The SMILES string of the molecule is Cc1ccccc1OCc1ccc(C(=O)Nc2cc(C)n(Cc3ccc(Cl)c(Cl)c3)n2)o1. The Kier molecular flexibility index (Phi) is 6.53. The van der Waals surface area contributed by atoms with E-state index in [1.165, 1.54) is 0 Å². The van der Waals surface area contributed by atoms with Crippen molar-refractivity contribution in [2.75, 3.05) is 5.32 Å². The van der Waals surface area contributed by atoms with Crippen LogP contribution in [0.2, 0.25) is 10.0 Å². The molecule has 4 aromatic rings. The molecule has 8 heteroatoms. The molecule has 4 rings (SSSR count). The van der Waals surface area contributed by atoms with Gasteiger partial charge in [-0.2, -0.15) is 5.10 Å². The summed E-state index contributed by atoms with van der Waals surface area (Å²) in [4.78, 5) is 12.6. The Morgan fingerprint density at radius 3 is 2.66 bits per heavy atom. The third-order valence-corrected chi connectivity index (χ3v) is 5.63. The minimum absolute atomic E-state index is 0.185. The average molecular weight is 470 g/mol. The van der Waals surface area contributed by atoms with Gasteiger partial charge in [-0.3, -0.25) is 9.48 Å². The monoisotopic (exact) mass is 469 g/mol. The van der Waals surface area contributed by atoms with Crippen molar-refractivity contribution in [3.05, 3.63) is 99.1 Å². The molecule has 32 heavy (non-hydrogen) atoms. The fourth-order valence-electron chi connectivity index (χ4n) is 3.16. The Morgan fingerprint density at radius 2 is 1.88 bits per heavy atom. The lowest BCUT2D eigenvalue weighted by Crippen LogP contribution is -2.12. The van der Waals surface area contributed by atoms with Crippen molar-refractivity contribution in [1.82, 2.24) is 9.78 Å². The van der Waals surface area contributed by atoms with Gasteiger partial charge in [-0.15, -0.1) is 0 Å². The van der Waals surface area contributed by atoms with Crippen LogP contribution in [-0.2, 0) is 13.2 Å². The predicted molar refractivity (Wildman–Crippen MR) is 125 cm³/mol. The molecule has 0 fully saturated rings. The maximum Gasteiger partial charge on any atom is 0.292 e. The highest BCUT2D eigenvalue weighted by Gasteiger charge is 2.15. The van der Waals surface area contributed by atoms with Gasteiger partial charge < -0.3 is 14.5 Å². The number of halogens is 2. The summed E-state index contributed by atoms with van der Waals surface area (Å²) in [5.74, 6) is 1.57. The van der Waals surface area contributed by atoms with Crippen LogP contribution < -0.4 is 10.1 Å². The zero-order chi connectivity index (χ0) is 22.7. The van der Waals surface area contributed by atoms with Crippen LogP contribution in [0, 0.1) is 13.8 Å². The molecule has 0 saturated carbocycles. The molecule has 164 valence electrons. The number of hydrogen-bond acceptors (Lipinski definition) is 4. The minimum Gasteiger partial charge on any atom is -0.485 e. The number of anilines is 1. The van der Waals surface area contributed by atoms with E-state index in [4.69, 9.17) is 32.4 Å². The third-order valence-electron chi connectivity index (χ3n) is 4.89. The summed E-state index contributed by atoms with van der Waals surface area (Å²) in [5.41, 5.74) is 2.87. The molecule has 1 amide bonds. The van der Waals surface area contributed by atoms with E-state index in [1.54, 1.807) is 35.0 Å². The topological polar surface area (TPSA) is 69.3 Å². The number of nitrogens with one attached hydrogen (secondary N) is 1. The number of furan rings is 1. The van der Waals surface area contributed by atoms with E-state index in [9.17, 15) is 4.79 Å². The van der Waals surface area contributed by atoms with Gasteiger partial charge in [0.1, 0.15) is 18.1 Å². The molecule has 0 radical (unpaired) electrons. The second kappa shape index (κ2) is 9.51. The van der Waals surface area contributed by atoms with E-state index in [-0.39, 0.29) is 18.3 Å². The third kappa shape index (κ3) is 5.15. The normalized spacial score (nSPS) is 10.9. The van der Waals surface area contributed by atoms with Crippen LogP contribution in [-0.4, -0.2) is 15.7 Å². The van der Waals surface area contributed by atoms with Gasteiger partial charge >= 0.3 is 0 Å². The van der Waals surface area contributed by atoms with Gasteiger partial charge in [0.2, 0.25) is 0 Å². The van der Waals surface area contributed by atoms with Crippen LogP contribution in [0.5, 0.6) is 5.75 Å². The predicted octanol–water partition coefficient (Wildman–Crippen LogP) is 6.28. The quantitative estimate of drug-likeness (QED) is 0.345. The van der Waals surface area contributed by atoms with Crippen molar-refractivity contribution in [1.29, 1.82) is 0 Å². The van der Waals surface area contributed by atoms with Gasteiger partial charge in [-0.1, -0.05) is 47.5 Å². The first kappa shape index (κ1) is 22.0. The second-order valence-corrected chi connectivity index (χ2v) is 8.17. The molecule has 0 aliphatic rings. The van der Waals surface area contributed by atoms with E-state index < -0.39 is 0 Å². The molecular weight excluding hydrogens is 449 g/mol. The largest absolute Gasteiger partial charge is 0.485 e. The molecule has 0 bridgehead atoms. The van der Waals surface area contributed by atoms with Crippen molar-refractivity contribution >= 4 is 34.9 Å². The van der Waals surface area contributed by atoms with Gasteiger partial charge in [-0.05, 0) is 55.3 Å². The molecule has 0 unspecified atom stereocenters. The molecule has 2 heterocycles. The van der Waals surface area contributed by atoms with E-state index in [0.717, 1.165) is 22.6 Å². The molecule has 1 N–H and O–H groups in total. The zero-order valence-corrected chi connectivity index (χ0v) is 19.1. The van der Waals surface area contributed by atoms with Crippen molar-refractivity contribution < 1.29 is 13.9 Å². The number of carbonyl (C=O) groups is 1. The lowest BCUT2D eigenvalue weighted by atomic mass is 10.2. The Labute approximate surface area is 195 Å². The van der Waals surface area contributed by atoms with E-state index in [0.29, 0.717) is 28.2 Å². The van der Waals surface area contributed by atoms with Crippen LogP contribution >= 0.6 is 23.2 Å². The molecule has 0 aliphatic carbocycles. The number of aromatic nitrogens is 2. The maximum atomic E-state index is 12.6. The Balaban J connectivity index is 1.38. The molecule has 0 saturated heterocycles. The number of para-hydroxylation sites is 1. The molecule has 0 spiro atoms. The van der Waals surface area contributed by atoms with E-state index in [2.05, 4.69) is 10.4 Å². The number of hydrogen-bond donors (Lipinski definition) is 1. The van der Waals surface area contributed by atoms with Gasteiger partial charge in [0.05, 0.1) is 16.6 Å². The van der Waals surface area contributed by atoms with Gasteiger partial charge in [0.25, 0.3) is 5.91 Å². The molecule has 6 nitrogen and oxygen atoms in total. The van der Waals surface area contributed by atoms with Crippen molar-refractivity contribution in [2.45, 2.75) is 27.0 Å². The van der Waals surface area contributed by atoms with Crippen LogP contribution in [0.1, 0.15) is 33.1 Å². The number of nitrogens with zero attached hydrogens (tertiary/aromatic N) is 2. The van der Waals surface area contributed by atoms with Gasteiger partial charge in [0, 0.05) is 11.8 Å². The molecule has 2 aromatic carbocycles. The lowest BCUT2D eigenvalue weighted by Gasteiger charge is -2.06. The van der Waals surface area contributed by atoms with Crippen molar-refractivity contribution in [3.8, 4) is 5.75 Å². The summed E-state index contributed by atoms with van der Waals surface area (Å²) in [6, 6.07) is 18.3. The van der Waals surface area contributed by atoms with Gasteiger partial charge in [-0.25, -0.2) is 0 Å². The van der Waals surface area contributed by atoms with Crippen molar-refractivity contribution in [2.24, 2.45) is 0 Å².